The van der Waals surface area contributed by atoms with Crippen LogP contribution in [0.4, 0.5) is 5.69 Å². The third-order valence-corrected chi connectivity index (χ3v) is 2.42. The fraction of sp³-hybridized carbons (Fsp3) is 0.154. The number of hydrogen-bond acceptors (Lipinski definition) is 5. The number of methoxy groups -OCH3 is 1. The molecule has 0 aliphatic carbocycles. The lowest BCUT2D eigenvalue weighted by Gasteiger charge is -2.07. The molecular weight excluding hydrogens is 232 g/mol. The Morgan fingerprint density at radius 3 is 2.83 bits per heavy atom. The van der Waals surface area contributed by atoms with Crippen LogP contribution in [0.25, 0.3) is 0 Å². The van der Waals surface area contributed by atoms with Gasteiger partial charge in [-0.1, -0.05) is 0 Å². The number of nitrogens with zero attached hydrogens (tertiary/aromatic N) is 1. The van der Waals surface area contributed by atoms with Crippen LogP contribution in [0.1, 0.15) is 11.5 Å². The number of benzene rings is 1. The number of aromatic hydroxyl groups is 1. The molecule has 0 saturated heterocycles. The summed E-state index contributed by atoms with van der Waals surface area (Å²) in [4.78, 5) is 0. The Hall–Kier alpha value is -2.61. The van der Waals surface area contributed by atoms with Gasteiger partial charge in [0.05, 0.1) is 13.7 Å². The van der Waals surface area contributed by atoms with Crippen LogP contribution in [0.2, 0.25) is 0 Å². The van der Waals surface area contributed by atoms with Gasteiger partial charge in [-0.25, -0.2) is 0 Å². The maximum atomic E-state index is 9.60. The Labute approximate surface area is 104 Å². The van der Waals surface area contributed by atoms with Crippen LogP contribution >= 0.6 is 0 Å². The number of phenols is 1. The predicted octanol–water partition coefficient (Wildman–Crippen LogP) is 2.48. The molecule has 2 N–H and O–H groups in total. The molecule has 0 fully saturated rings. The van der Waals surface area contributed by atoms with Crippen LogP contribution in [-0.4, -0.2) is 12.2 Å². The van der Waals surface area contributed by atoms with Gasteiger partial charge in [-0.05, 0) is 24.3 Å². The third kappa shape index (κ3) is 2.55. The molecule has 0 atom stereocenters. The molecule has 1 heterocycles. The minimum atomic E-state index is 0.0691. The number of rotatable bonds is 4. The Bertz CT molecular complexity index is 584. The number of phenolic OH excluding ortho intramolecular Hbond substituents is 1. The largest absolute Gasteiger partial charge is 0.504 e. The van der Waals surface area contributed by atoms with E-state index in [-0.39, 0.29) is 11.5 Å². The Morgan fingerprint density at radius 2 is 2.22 bits per heavy atom. The molecule has 0 aliphatic rings. The molecule has 5 heteroatoms. The van der Waals surface area contributed by atoms with Crippen LogP contribution in [0.15, 0.2) is 34.7 Å². The molecule has 0 aliphatic heterocycles. The molecule has 1 aromatic heterocycles. The average molecular weight is 244 g/mol. The molecule has 2 aromatic rings. The standard InChI is InChI=1S/C13H12N2O3/c1-17-13-5-2-9(6-12(13)16)15-8-11-4-3-10(7-14)18-11/h2-6,15-16H,8H2,1H3. The third-order valence-electron chi connectivity index (χ3n) is 2.42. The van der Waals surface area contributed by atoms with Gasteiger partial charge in [0.25, 0.3) is 0 Å². The van der Waals surface area contributed by atoms with Gasteiger partial charge in [0.1, 0.15) is 11.8 Å². The van der Waals surface area contributed by atoms with Crippen molar-refractivity contribution >= 4 is 5.69 Å². The molecule has 0 spiro atoms. The topological polar surface area (TPSA) is 78.4 Å². The van der Waals surface area contributed by atoms with Crippen LogP contribution in [-0.2, 0) is 6.54 Å². The van der Waals surface area contributed by atoms with E-state index in [1.165, 1.54) is 7.11 Å². The van der Waals surface area contributed by atoms with E-state index in [9.17, 15) is 5.11 Å². The molecule has 0 radical (unpaired) electrons. The molecule has 0 bridgehead atoms. The zero-order valence-electron chi connectivity index (χ0n) is 9.80. The van der Waals surface area contributed by atoms with Crippen molar-refractivity contribution in [1.82, 2.24) is 0 Å². The highest BCUT2D eigenvalue weighted by Crippen LogP contribution is 2.28. The molecule has 18 heavy (non-hydrogen) atoms. The summed E-state index contributed by atoms with van der Waals surface area (Å²) >= 11 is 0. The summed E-state index contributed by atoms with van der Waals surface area (Å²) in [7, 11) is 1.49. The quantitative estimate of drug-likeness (QED) is 0.863. The van der Waals surface area contributed by atoms with Crippen molar-refractivity contribution in [2.45, 2.75) is 6.54 Å². The second kappa shape index (κ2) is 5.15. The Kier molecular flexibility index (Phi) is 3.39. The lowest BCUT2D eigenvalue weighted by Crippen LogP contribution is -1.98. The summed E-state index contributed by atoms with van der Waals surface area (Å²) in [5.74, 6) is 1.43. The summed E-state index contributed by atoms with van der Waals surface area (Å²) in [5, 5.41) is 21.3. The van der Waals surface area contributed by atoms with Crippen LogP contribution in [0, 0.1) is 11.3 Å². The first kappa shape index (κ1) is 11.9. The molecule has 0 saturated carbocycles. The summed E-state index contributed by atoms with van der Waals surface area (Å²) in [6.07, 6.45) is 0. The molecule has 0 unspecified atom stereocenters. The number of anilines is 1. The summed E-state index contributed by atoms with van der Waals surface area (Å²) in [5.41, 5.74) is 0.739. The second-order valence-corrected chi connectivity index (χ2v) is 3.62. The number of ether oxygens (including phenoxy) is 1. The van der Waals surface area contributed by atoms with Gasteiger partial charge in [-0.15, -0.1) is 0 Å². The number of hydrogen-bond donors (Lipinski definition) is 2. The van der Waals surface area contributed by atoms with E-state index in [1.807, 2.05) is 6.07 Å². The minimum absolute atomic E-state index is 0.0691. The van der Waals surface area contributed by atoms with Crippen LogP contribution in [0.5, 0.6) is 11.5 Å². The van der Waals surface area contributed by atoms with Crippen molar-refractivity contribution in [2.24, 2.45) is 0 Å². The highest BCUT2D eigenvalue weighted by Gasteiger charge is 2.04. The van der Waals surface area contributed by atoms with E-state index in [0.29, 0.717) is 18.1 Å². The molecule has 92 valence electrons. The predicted molar refractivity (Wildman–Crippen MR) is 65.4 cm³/mol. The molecule has 0 amide bonds. The van der Waals surface area contributed by atoms with Crippen molar-refractivity contribution < 1.29 is 14.3 Å². The highest BCUT2D eigenvalue weighted by molar-refractivity contribution is 5.54. The molecule has 1 aromatic carbocycles. The Balaban J connectivity index is 2.02. The van der Waals surface area contributed by atoms with E-state index >= 15 is 0 Å². The van der Waals surface area contributed by atoms with E-state index in [4.69, 9.17) is 14.4 Å². The van der Waals surface area contributed by atoms with Gasteiger partial charge in [-0.2, -0.15) is 5.26 Å². The maximum Gasteiger partial charge on any atom is 0.203 e. The molecular formula is C13H12N2O3. The maximum absolute atomic E-state index is 9.60. The minimum Gasteiger partial charge on any atom is -0.504 e. The number of nitriles is 1. The van der Waals surface area contributed by atoms with Gasteiger partial charge >= 0.3 is 0 Å². The molecule has 2 rings (SSSR count). The smallest absolute Gasteiger partial charge is 0.203 e. The highest BCUT2D eigenvalue weighted by atomic mass is 16.5. The van der Waals surface area contributed by atoms with Gasteiger partial charge < -0.3 is 19.6 Å². The van der Waals surface area contributed by atoms with E-state index < -0.39 is 0 Å². The van der Waals surface area contributed by atoms with Gasteiger partial charge in [0, 0.05) is 11.8 Å². The first-order valence-electron chi connectivity index (χ1n) is 5.32. The number of nitrogens with one attached hydrogen (secondary N) is 1. The number of furan rings is 1. The van der Waals surface area contributed by atoms with Crippen molar-refractivity contribution in [3.05, 3.63) is 41.9 Å². The summed E-state index contributed by atoms with van der Waals surface area (Å²) in [6, 6.07) is 10.3. The SMILES string of the molecule is COc1ccc(NCc2ccc(C#N)o2)cc1O. The summed E-state index contributed by atoms with van der Waals surface area (Å²) in [6.45, 7) is 0.438. The normalized spacial score (nSPS) is 9.78. The Morgan fingerprint density at radius 1 is 1.39 bits per heavy atom. The zero-order valence-corrected chi connectivity index (χ0v) is 9.80. The monoisotopic (exact) mass is 244 g/mol. The van der Waals surface area contributed by atoms with Gasteiger partial charge in [0.2, 0.25) is 5.76 Å². The van der Waals surface area contributed by atoms with Crippen molar-refractivity contribution in [1.29, 1.82) is 5.26 Å². The lowest BCUT2D eigenvalue weighted by molar-refractivity contribution is 0.373. The average Bonchev–Trinajstić information content (AvgIpc) is 2.84. The van der Waals surface area contributed by atoms with Crippen molar-refractivity contribution in [3.8, 4) is 17.6 Å². The fourth-order valence-corrected chi connectivity index (χ4v) is 1.52. The molecule has 5 nitrogen and oxygen atoms in total. The van der Waals surface area contributed by atoms with Gasteiger partial charge in [0.15, 0.2) is 11.5 Å². The zero-order chi connectivity index (χ0) is 13.0. The van der Waals surface area contributed by atoms with Crippen LogP contribution in [0.3, 0.4) is 0 Å². The summed E-state index contributed by atoms with van der Waals surface area (Å²) < 4.78 is 10.2. The fourth-order valence-electron chi connectivity index (χ4n) is 1.52. The van der Waals surface area contributed by atoms with Gasteiger partial charge in [-0.3, -0.25) is 0 Å². The second-order valence-electron chi connectivity index (χ2n) is 3.62. The lowest BCUT2D eigenvalue weighted by atomic mass is 10.2. The first-order chi connectivity index (χ1) is 8.72. The van der Waals surface area contributed by atoms with Crippen molar-refractivity contribution in [3.63, 3.8) is 0 Å². The van der Waals surface area contributed by atoms with E-state index in [2.05, 4.69) is 5.32 Å². The first-order valence-corrected chi connectivity index (χ1v) is 5.32. The van der Waals surface area contributed by atoms with Crippen molar-refractivity contribution in [2.75, 3.05) is 12.4 Å². The van der Waals surface area contributed by atoms with E-state index in [0.717, 1.165) is 5.69 Å². The van der Waals surface area contributed by atoms with E-state index in [1.54, 1.807) is 30.3 Å². The van der Waals surface area contributed by atoms with Crippen LogP contribution < -0.4 is 10.1 Å².